The van der Waals surface area contributed by atoms with E-state index in [1.807, 2.05) is 0 Å². The summed E-state index contributed by atoms with van der Waals surface area (Å²) >= 11 is 6.21. The van der Waals surface area contributed by atoms with Crippen LogP contribution >= 0.6 is 11.6 Å². The standard InChI is InChI=1S/C22H19ClN4O5S/c1-30-18-12-19(31-2)21(33(28,29)27-14-7-9-24-10-8-14)11-15(18)22-20(13-25-26-22)32-17-6-4-3-5-16(17)23/h3-13H,1-2H3,(H,24,27)(H,25,26). The minimum atomic E-state index is -4.03. The minimum Gasteiger partial charge on any atom is -0.496 e. The molecule has 0 spiro atoms. The van der Waals surface area contributed by atoms with Crippen molar-refractivity contribution < 1.29 is 22.6 Å². The average Bonchev–Trinajstić information content (AvgIpc) is 3.28. The van der Waals surface area contributed by atoms with Crippen LogP contribution in [0.1, 0.15) is 0 Å². The second-order valence-electron chi connectivity index (χ2n) is 6.69. The van der Waals surface area contributed by atoms with Gasteiger partial charge in [-0.2, -0.15) is 5.10 Å². The molecule has 2 heterocycles. The first kappa shape index (κ1) is 22.4. The molecule has 0 atom stereocenters. The van der Waals surface area contributed by atoms with E-state index in [9.17, 15) is 8.42 Å². The third-order valence-corrected chi connectivity index (χ3v) is 6.35. The van der Waals surface area contributed by atoms with E-state index >= 15 is 0 Å². The highest BCUT2D eigenvalue weighted by Crippen LogP contribution is 2.42. The molecule has 9 nitrogen and oxygen atoms in total. The van der Waals surface area contributed by atoms with Crippen molar-refractivity contribution in [3.8, 4) is 34.3 Å². The second-order valence-corrected chi connectivity index (χ2v) is 8.74. The molecule has 0 aliphatic heterocycles. The predicted molar refractivity (Wildman–Crippen MR) is 124 cm³/mol. The maximum Gasteiger partial charge on any atom is 0.265 e. The summed E-state index contributed by atoms with van der Waals surface area (Å²) in [6, 6.07) is 13.0. The monoisotopic (exact) mass is 486 g/mol. The van der Waals surface area contributed by atoms with E-state index in [1.54, 1.807) is 36.4 Å². The summed E-state index contributed by atoms with van der Waals surface area (Å²) < 4.78 is 45.7. The third-order valence-electron chi connectivity index (χ3n) is 4.64. The molecule has 0 radical (unpaired) electrons. The van der Waals surface area contributed by atoms with E-state index in [-0.39, 0.29) is 10.6 Å². The number of halogens is 1. The number of sulfonamides is 1. The number of aromatic nitrogens is 3. The first-order chi connectivity index (χ1) is 15.9. The lowest BCUT2D eigenvalue weighted by molar-refractivity contribution is 0.387. The molecule has 0 saturated carbocycles. The Bertz CT molecular complexity index is 1380. The van der Waals surface area contributed by atoms with Gasteiger partial charge in [0, 0.05) is 24.0 Å². The SMILES string of the molecule is COc1cc(OC)c(S(=O)(=O)Nc2ccncc2)cc1-c1[nH]ncc1Oc1ccccc1Cl. The fourth-order valence-electron chi connectivity index (χ4n) is 3.10. The number of nitrogens with zero attached hydrogens (tertiary/aromatic N) is 2. The third kappa shape index (κ3) is 4.71. The summed E-state index contributed by atoms with van der Waals surface area (Å²) in [7, 11) is -1.19. The van der Waals surface area contributed by atoms with Crippen molar-refractivity contribution in [2.75, 3.05) is 18.9 Å². The lowest BCUT2D eigenvalue weighted by Crippen LogP contribution is -2.14. The van der Waals surface area contributed by atoms with Crippen LogP contribution in [0.2, 0.25) is 5.02 Å². The van der Waals surface area contributed by atoms with E-state index in [0.717, 1.165) is 0 Å². The number of rotatable bonds is 8. The number of hydrogen-bond acceptors (Lipinski definition) is 7. The fourth-order valence-corrected chi connectivity index (χ4v) is 4.51. The summed E-state index contributed by atoms with van der Waals surface area (Å²) in [4.78, 5) is 3.79. The van der Waals surface area contributed by atoms with Gasteiger partial charge < -0.3 is 14.2 Å². The van der Waals surface area contributed by atoms with Crippen LogP contribution in [0.5, 0.6) is 23.0 Å². The molecule has 33 heavy (non-hydrogen) atoms. The lowest BCUT2D eigenvalue weighted by atomic mass is 10.1. The van der Waals surface area contributed by atoms with E-state index < -0.39 is 10.0 Å². The summed E-state index contributed by atoms with van der Waals surface area (Å²) in [5, 5.41) is 7.30. The topological polar surface area (TPSA) is 115 Å². The molecule has 0 aliphatic rings. The summed E-state index contributed by atoms with van der Waals surface area (Å²) in [6.45, 7) is 0. The fraction of sp³-hybridized carbons (Fsp3) is 0.0909. The number of benzene rings is 2. The Kier molecular flexibility index (Phi) is 6.38. The molecule has 2 N–H and O–H groups in total. The number of para-hydroxylation sites is 1. The number of nitrogens with one attached hydrogen (secondary N) is 2. The maximum atomic E-state index is 13.2. The summed E-state index contributed by atoms with van der Waals surface area (Å²) in [5.41, 5.74) is 1.15. The zero-order valence-electron chi connectivity index (χ0n) is 17.6. The van der Waals surface area contributed by atoms with Crippen molar-refractivity contribution in [3.63, 3.8) is 0 Å². The van der Waals surface area contributed by atoms with Crippen LogP contribution in [0, 0.1) is 0 Å². The number of pyridine rings is 1. The number of hydrogen-bond donors (Lipinski definition) is 2. The van der Waals surface area contributed by atoms with E-state index in [2.05, 4.69) is 19.9 Å². The Morgan fingerprint density at radius 3 is 2.36 bits per heavy atom. The normalized spacial score (nSPS) is 11.1. The molecule has 170 valence electrons. The minimum absolute atomic E-state index is 0.101. The van der Waals surface area contributed by atoms with Crippen LogP contribution in [0.3, 0.4) is 0 Å². The van der Waals surface area contributed by atoms with Gasteiger partial charge in [-0.3, -0.25) is 14.8 Å². The molecule has 0 unspecified atom stereocenters. The molecule has 0 aliphatic carbocycles. The van der Waals surface area contributed by atoms with Gasteiger partial charge in [0.05, 0.1) is 31.1 Å². The second kappa shape index (κ2) is 9.39. The van der Waals surface area contributed by atoms with Crippen molar-refractivity contribution in [1.29, 1.82) is 0 Å². The van der Waals surface area contributed by atoms with Crippen molar-refractivity contribution in [2.24, 2.45) is 0 Å². The van der Waals surface area contributed by atoms with Gasteiger partial charge >= 0.3 is 0 Å². The summed E-state index contributed by atoms with van der Waals surface area (Å²) in [5.74, 6) is 1.20. The molecule has 2 aromatic heterocycles. The first-order valence-electron chi connectivity index (χ1n) is 9.58. The molecule has 4 rings (SSSR count). The molecule has 0 saturated heterocycles. The predicted octanol–water partition coefficient (Wildman–Crippen LogP) is 4.74. The van der Waals surface area contributed by atoms with Crippen molar-refractivity contribution in [3.05, 3.63) is 72.1 Å². The molecule has 0 bridgehead atoms. The smallest absolute Gasteiger partial charge is 0.265 e. The highest BCUT2D eigenvalue weighted by molar-refractivity contribution is 7.92. The zero-order valence-corrected chi connectivity index (χ0v) is 19.1. The zero-order chi connectivity index (χ0) is 23.4. The van der Waals surface area contributed by atoms with Gasteiger partial charge in [-0.15, -0.1) is 0 Å². The molecule has 11 heteroatoms. The van der Waals surface area contributed by atoms with Crippen molar-refractivity contribution >= 4 is 27.3 Å². The number of methoxy groups -OCH3 is 2. The molecular weight excluding hydrogens is 468 g/mol. The quantitative estimate of drug-likeness (QED) is 0.369. The highest BCUT2D eigenvalue weighted by Gasteiger charge is 2.25. The Hall–Kier alpha value is -3.76. The molecule has 4 aromatic rings. The van der Waals surface area contributed by atoms with Gasteiger partial charge in [0.15, 0.2) is 5.75 Å². The van der Waals surface area contributed by atoms with Gasteiger partial charge in [0.2, 0.25) is 0 Å². The van der Waals surface area contributed by atoms with E-state index in [4.69, 9.17) is 25.8 Å². The van der Waals surface area contributed by atoms with Crippen molar-refractivity contribution in [1.82, 2.24) is 15.2 Å². The molecule has 0 amide bonds. The van der Waals surface area contributed by atoms with Crippen LogP contribution in [0.25, 0.3) is 11.3 Å². The van der Waals surface area contributed by atoms with Crippen LogP contribution < -0.4 is 18.9 Å². The van der Waals surface area contributed by atoms with E-state index in [1.165, 1.54) is 44.9 Å². The van der Waals surface area contributed by atoms with Gasteiger partial charge in [-0.25, -0.2) is 8.42 Å². The number of anilines is 1. The number of aromatic amines is 1. The van der Waals surface area contributed by atoms with Gasteiger partial charge in [-0.1, -0.05) is 23.7 Å². The highest BCUT2D eigenvalue weighted by atomic mass is 35.5. The Morgan fingerprint density at radius 1 is 0.939 bits per heavy atom. The van der Waals surface area contributed by atoms with Crippen molar-refractivity contribution in [2.45, 2.75) is 4.90 Å². The molecule has 0 fully saturated rings. The number of H-pyrrole nitrogens is 1. The van der Waals surface area contributed by atoms with Gasteiger partial charge in [0.1, 0.15) is 27.8 Å². The molecular formula is C22H19ClN4O5S. The van der Waals surface area contributed by atoms with Crippen LogP contribution in [-0.2, 0) is 10.0 Å². The number of ether oxygens (including phenoxy) is 3. The lowest BCUT2D eigenvalue weighted by Gasteiger charge is -2.16. The van der Waals surface area contributed by atoms with Gasteiger partial charge in [0.25, 0.3) is 10.0 Å². The van der Waals surface area contributed by atoms with E-state index in [0.29, 0.717) is 39.2 Å². The Morgan fingerprint density at radius 2 is 1.67 bits per heavy atom. The van der Waals surface area contributed by atoms with Crippen LogP contribution in [0.4, 0.5) is 5.69 Å². The van der Waals surface area contributed by atoms with Crippen LogP contribution in [-0.4, -0.2) is 37.8 Å². The first-order valence-corrected chi connectivity index (χ1v) is 11.4. The Balaban J connectivity index is 1.81. The van der Waals surface area contributed by atoms with Crippen LogP contribution in [0.15, 0.2) is 72.0 Å². The maximum absolute atomic E-state index is 13.2. The Labute approximate surface area is 195 Å². The average molecular weight is 487 g/mol. The van der Waals surface area contributed by atoms with Gasteiger partial charge in [-0.05, 0) is 30.3 Å². The largest absolute Gasteiger partial charge is 0.496 e. The molecule has 2 aromatic carbocycles. The summed E-state index contributed by atoms with van der Waals surface area (Å²) in [6.07, 6.45) is 4.43.